The summed E-state index contributed by atoms with van der Waals surface area (Å²) < 4.78 is 21.2. The minimum absolute atomic E-state index is 0.0160. The van der Waals surface area contributed by atoms with Crippen molar-refractivity contribution < 1.29 is 52.8 Å². The van der Waals surface area contributed by atoms with Gasteiger partial charge in [-0.2, -0.15) is 0 Å². The van der Waals surface area contributed by atoms with E-state index in [1.54, 1.807) is 62.8 Å². The maximum atomic E-state index is 12.9. The predicted molar refractivity (Wildman–Crippen MR) is 248 cm³/mol. The van der Waals surface area contributed by atoms with Gasteiger partial charge in [0.15, 0.2) is 0 Å². The maximum absolute atomic E-state index is 12.9. The average molecular weight is 956 g/mol. The molecule has 8 rings (SSSR count). The molecule has 344 valence electrons. The number of hydrogen-bond donors (Lipinski definition) is 3. The molecule has 2 fully saturated rings. The molecular formula is C48H47ClN4O11S2. The van der Waals surface area contributed by atoms with E-state index >= 15 is 0 Å². The van der Waals surface area contributed by atoms with Gasteiger partial charge in [-0.15, -0.1) is 35.1 Å². The largest absolute Gasteiger partial charge is 0.497 e. The van der Waals surface area contributed by atoms with E-state index in [0.717, 1.165) is 22.3 Å². The zero-order valence-corrected chi connectivity index (χ0v) is 38.4. The first kappa shape index (κ1) is 47.7. The molecule has 15 nitrogen and oxygen atoms in total. The second-order valence-corrected chi connectivity index (χ2v) is 17.8. The van der Waals surface area contributed by atoms with Crippen molar-refractivity contribution in [3.05, 3.63) is 154 Å². The number of alkyl halides is 1. The van der Waals surface area contributed by atoms with Crippen LogP contribution in [0.1, 0.15) is 22.3 Å². The van der Waals surface area contributed by atoms with Crippen LogP contribution >= 0.6 is 35.1 Å². The van der Waals surface area contributed by atoms with E-state index in [1.165, 1.54) is 33.3 Å². The number of carbonyl (C=O) groups is 6. The van der Waals surface area contributed by atoms with Crippen LogP contribution in [-0.2, 0) is 64.3 Å². The van der Waals surface area contributed by atoms with Gasteiger partial charge >= 0.3 is 11.9 Å². The highest BCUT2D eigenvalue weighted by Crippen LogP contribution is 2.42. The summed E-state index contributed by atoms with van der Waals surface area (Å²) in [5, 5.41) is 14.5. The Kier molecular flexibility index (Phi) is 16.1. The van der Waals surface area contributed by atoms with Crippen LogP contribution in [0, 0.1) is 0 Å². The second kappa shape index (κ2) is 22.3. The molecule has 0 spiro atoms. The fourth-order valence-corrected chi connectivity index (χ4v) is 10.5. The van der Waals surface area contributed by atoms with Crippen LogP contribution in [0.3, 0.4) is 0 Å². The number of thioether (sulfide) groups is 2. The third-order valence-corrected chi connectivity index (χ3v) is 13.9. The number of nitrogens with one attached hydrogen (secondary N) is 2. The van der Waals surface area contributed by atoms with Crippen molar-refractivity contribution in [1.82, 2.24) is 20.4 Å². The number of methoxy groups -OCH3 is 2. The lowest BCUT2D eigenvalue weighted by molar-refractivity contribution is -0.153. The number of aliphatic hydroxyl groups is 1. The Bertz CT molecular complexity index is 2320. The first-order chi connectivity index (χ1) is 32.0. The summed E-state index contributed by atoms with van der Waals surface area (Å²) in [5.74, 6) is -0.165. The highest BCUT2D eigenvalue weighted by atomic mass is 35.5. The topological polar surface area (TPSA) is 190 Å². The minimum Gasteiger partial charge on any atom is -0.497 e. The Morgan fingerprint density at radius 2 is 1.00 bits per heavy atom. The molecule has 0 saturated carbocycles. The van der Waals surface area contributed by atoms with Gasteiger partial charge in [0.2, 0.25) is 11.8 Å². The molecule has 4 amide bonds. The number of carbonyl (C=O) groups excluding carboxylic acids is 6. The van der Waals surface area contributed by atoms with E-state index in [4.69, 9.17) is 30.5 Å². The smallest absolute Gasteiger partial charge is 0.355 e. The van der Waals surface area contributed by atoms with Crippen molar-refractivity contribution in [3.63, 3.8) is 0 Å². The third kappa shape index (κ3) is 11.0. The number of β-lactam (4-membered cyclic amide) rings is 2. The molecule has 0 aliphatic carbocycles. The molecule has 4 aliphatic rings. The fourth-order valence-electron chi connectivity index (χ4n) is 7.46. The zero-order valence-electron chi connectivity index (χ0n) is 36.0. The molecule has 2 saturated heterocycles. The first-order valence-electron chi connectivity index (χ1n) is 20.8. The number of esters is 2. The van der Waals surface area contributed by atoms with E-state index in [-0.39, 0.29) is 73.0 Å². The van der Waals surface area contributed by atoms with Gasteiger partial charge in [0.25, 0.3) is 11.8 Å². The second-order valence-electron chi connectivity index (χ2n) is 15.3. The van der Waals surface area contributed by atoms with E-state index in [1.807, 2.05) is 60.7 Å². The number of fused-ring (bicyclic) bond motifs is 2. The van der Waals surface area contributed by atoms with Crippen molar-refractivity contribution in [1.29, 1.82) is 0 Å². The minimum atomic E-state index is -0.726. The van der Waals surface area contributed by atoms with Gasteiger partial charge in [-0.3, -0.25) is 29.0 Å². The molecule has 0 bridgehead atoms. The van der Waals surface area contributed by atoms with Crippen molar-refractivity contribution in [3.8, 4) is 11.5 Å². The Balaban J connectivity index is 0.000000196. The lowest BCUT2D eigenvalue weighted by atomic mass is 10.0. The first-order valence-corrected chi connectivity index (χ1v) is 23.4. The number of halogens is 1. The monoisotopic (exact) mass is 954 g/mol. The number of amides is 4. The molecule has 4 unspecified atom stereocenters. The third-order valence-electron chi connectivity index (χ3n) is 10.9. The summed E-state index contributed by atoms with van der Waals surface area (Å²) in [6.07, 6.45) is 0.345. The molecule has 18 heteroatoms. The fraction of sp³-hybridized carbons (Fsp3) is 0.292. The standard InChI is InChI=1S/C24H23ClN2O5S.C24H24N2O6S/c1-31-18-9-7-16(8-10-18)13-32-24(30)21-17(12-25)14-33-23-20(22(29)27(21)23)26-19(28)11-15-5-3-2-4-6-15;1-31-18-9-7-16(8-10-18)13-32-24(30)21-17(12-27)14-33-23-20(22(29)26(21)23)25-19(28)11-15-5-3-2-4-6-15/h2-10,20,23H,11-14H2,1H3,(H,26,28);2-10,20,23,27H,11-14H2,1H3,(H,25,28). The molecule has 4 aromatic rings. The van der Waals surface area contributed by atoms with Crippen LogP contribution in [0.2, 0.25) is 0 Å². The molecule has 0 radical (unpaired) electrons. The van der Waals surface area contributed by atoms with Crippen LogP contribution < -0.4 is 20.1 Å². The summed E-state index contributed by atoms with van der Waals surface area (Å²) in [6, 6.07) is 31.4. The van der Waals surface area contributed by atoms with Gasteiger partial charge in [0, 0.05) is 17.4 Å². The van der Waals surface area contributed by atoms with E-state index in [0.29, 0.717) is 34.2 Å². The van der Waals surface area contributed by atoms with Gasteiger partial charge in [0.1, 0.15) is 58.9 Å². The Morgan fingerprint density at radius 1 is 0.606 bits per heavy atom. The number of hydrogen-bond acceptors (Lipinski definition) is 13. The van der Waals surface area contributed by atoms with Gasteiger partial charge in [-0.25, -0.2) is 9.59 Å². The van der Waals surface area contributed by atoms with Gasteiger partial charge in [-0.1, -0.05) is 84.9 Å². The zero-order chi connectivity index (χ0) is 46.7. The predicted octanol–water partition coefficient (Wildman–Crippen LogP) is 4.50. The van der Waals surface area contributed by atoms with Gasteiger partial charge in [0.05, 0.1) is 33.7 Å². The van der Waals surface area contributed by atoms with Gasteiger partial charge in [-0.05, 0) is 57.7 Å². The number of nitrogens with zero attached hydrogens (tertiary/aromatic N) is 2. The van der Waals surface area contributed by atoms with Crippen LogP contribution in [0.5, 0.6) is 11.5 Å². The van der Waals surface area contributed by atoms with Crippen molar-refractivity contribution >= 4 is 70.7 Å². The van der Waals surface area contributed by atoms with Crippen molar-refractivity contribution in [2.24, 2.45) is 0 Å². The summed E-state index contributed by atoms with van der Waals surface area (Å²) in [6.45, 7) is -0.289. The number of benzene rings is 4. The van der Waals surface area contributed by atoms with E-state index in [2.05, 4.69) is 10.6 Å². The molecule has 4 atom stereocenters. The molecule has 66 heavy (non-hydrogen) atoms. The summed E-state index contributed by atoms with van der Waals surface area (Å²) in [7, 11) is 3.14. The summed E-state index contributed by atoms with van der Waals surface area (Å²) in [5.41, 5.74) is 4.58. The number of aliphatic hydroxyl groups excluding tert-OH is 1. The lowest BCUT2D eigenvalue weighted by Gasteiger charge is -2.49. The Labute approximate surface area is 394 Å². The Morgan fingerprint density at radius 3 is 1.38 bits per heavy atom. The molecule has 3 N–H and O–H groups in total. The molecule has 4 aromatic carbocycles. The molecular weight excluding hydrogens is 908 g/mol. The van der Waals surface area contributed by atoms with Crippen LogP contribution in [0.25, 0.3) is 0 Å². The number of ether oxygens (including phenoxy) is 4. The Hall–Kier alpha value is -6.27. The highest BCUT2D eigenvalue weighted by molar-refractivity contribution is 8.00. The normalized spacial score (nSPS) is 19.5. The van der Waals surface area contributed by atoms with E-state index < -0.39 is 35.3 Å². The van der Waals surface area contributed by atoms with Crippen molar-refractivity contribution in [2.45, 2.75) is 48.9 Å². The molecule has 4 heterocycles. The summed E-state index contributed by atoms with van der Waals surface area (Å²) in [4.78, 5) is 79.2. The quantitative estimate of drug-likeness (QED) is 0.0810. The summed E-state index contributed by atoms with van der Waals surface area (Å²) >= 11 is 8.93. The van der Waals surface area contributed by atoms with Gasteiger partial charge < -0.3 is 34.7 Å². The molecule has 0 aromatic heterocycles. The average Bonchev–Trinajstić information content (AvgIpc) is 3.35. The van der Waals surface area contributed by atoms with Crippen LogP contribution in [0.4, 0.5) is 0 Å². The van der Waals surface area contributed by atoms with Crippen LogP contribution in [0.15, 0.2) is 132 Å². The lowest BCUT2D eigenvalue weighted by Crippen LogP contribution is -2.70. The maximum Gasteiger partial charge on any atom is 0.355 e. The van der Waals surface area contributed by atoms with E-state index in [9.17, 15) is 33.9 Å². The van der Waals surface area contributed by atoms with Crippen LogP contribution in [-0.4, -0.2) is 112 Å². The molecule has 4 aliphatic heterocycles. The highest BCUT2D eigenvalue weighted by Gasteiger charge is 2.55. The SMILES string of the molecule is COc1ccc(COC(=O)C2=C(CCl)CSC3C(NC(=O)Cc4ccccc4)C(=O)N23)cc1.COc1ccc(COC(=O)C2=C(CO)CSC3C(NC(=O)Cc4ccccc4)C(=O)N23)cc1. The number of rotatable bonds is 16. The van der Waals surface area contributed by atoms with Crippen molar-refractivity contribution in [2.75, 3.05) is 38.2 Å².